The number of aromatic nitrogens is 5. The Labute approximate surface area is 149 Å². The summed E-state index contributed by atoms with van der Waals surface area (Å²) in [6, 6.07) is 13.2. The number of rotatable bonds is 3. The van der Waals surface area contributed by atoms with Crippen molar-refractivity contribution in [1.82, 2.24) is 24.5 Å². The lowest BCUT2D eigenvalue weighted by atomic mass is 10.0. The highest BCUT2D eigenvalue weighted by Gasteiger charge is 2.17. The summed E-state index contributed by atoms with van der Waals surface area (Å²) in [5, 5.41) is 9.60. The molecule has 124 valence electrons. The van der Waals surface area contributed by atoms with E-state index < -0.39 is 0 Å². The molecule has 4 aromatic rings. The van der Waals surface area contributed by atoms with E-state index in [-0.39, 0.29) is 5.82 Å². The average molecular weight is 339 g/mol. The van der Waals surface area contributed by atoms with Crippen LogP contribution >= 0.6 is 0 Å². The number of hydrogen-bond donors (Lipinski definition) is 1. The van der Waals surface area contributed by atoms with Gasteiger partial charge < -0.3 is 5.73 Å². The van der Waals surface area contributed by atoms with Gasteiger partial charge in [0.25, 0.3) is 0 Å². The Kier molecular flexibility index (Phi) is 3.84. The second-order valence-electron chi connectivity index (χ2n) is 5.48. The molecule has 0 aliphatic carbocycles. The monoisotopic (exact) mass is 339 g/mol. The molecule has 0 bridgehead atoms. The molecule has 0 radical (unpaired) electrons. The van der Waals surface area contributed by atoms with E-state index in [9.17, 15) is 5.26 Å². The van der Waals surface area contributed by atoms with Gasteiger partial charge in [-0.15, -0.1) is 0 Å². The lowest BCUT2D eigenvalue weighted by molar-refractivity contribution is 0.941. The van der Waals surface area contributed by atoms with Crippen molar-refractivity contribution in [2.75, 3.05) is 5.73 Å². The summed E-state index contributed by atoms with van der Waals surface area (Å²) in [5.74, 6) is 0.691. The molecule has 0 aliphatic heterocycles. The summed E-state index contributed by atoms with van der Waals surface area (Å²) < 4.78 is 1.81. The Bertz CT molecular complexity index is 1100. The maximum Gasteiger partial charge on any atom is 0.234 e. The fraction of sp³-hybridized carbons (Fsp3) is 0. The molecule has 0 amide bonds. The van der Waals surface area contributed by atoms with E-state index >= 15 is 0 Å². The predicted octanol–water partition coefficient (Wildman–Crippen LogP) is 2.85. The quantitative estimate of drug-likeness (QED) is 0.615. The van der Waals surface area contributed by atoms with Gasteiger partial charge in [0.05, 0.1) is 11.4 Å². The molecule has 0 saturated carbocycles. The standard InChI is InChI=1S/C19H13N7/c20-12-15-14(11-16(25-18(15)21)13-4-8-22-9-5-13)17-3-1-10-26(17)19-23-6-2-7-24-19/h1-11H,(H2,21,25). The van der Waals surface area contributed by atoms with Gasteiger partial charge in [0.15, 0.2) is 0 Å². The van der Waals surface area contributed by atoms with Gasteiger partial charge in [-0.1, -0.05) is 0 Å². The van der Waals surface area contributed by atoms with E-state index in [1.807, 2.05) is 41.1 Å². The Hall–Kier alpha value is -4.05. The molecule has 0 fully saturated rings. The topological polar surface area (TPSA) is 106 Å². The number of nitriles is 1. The van der Waals surface area contributed by atoms with Crippen molar-refractivity contribution in [2.45, 2.75) is 0 Å². The summed E-state index contributed by atoms with van der Waals surface area (Å²) in [6.45, 7) is 0. The molecule has 0 aliphatic rings. The third-order valence-corrected chi connectivity index (χ3v) is 3.93. The van der Waals surface area contributed by atoms with Crippen molar-refractivity contribution in [2.24, 2.45) is 0 Å². The highest BCUT2D eigenvalue weighted by Crippen LogP contribution is 2.32. The Morgan fingerprint density at radius 2 is 1.77 bits per heavy atom. The smallest absolute Gasteiger partial charge is 0.234 e. The van der Waals surface area contributed by atoms with Gasteiger partial charge in [-0.05, 0) is 36.4 Å². The van der Waals surface area contributed by atoms with E-state index in [0.29, 0.717) is 22.8 Å². The van der Waals surface area contributed by atoms with Gasteiger partial charge in [-0.2, -0.15) is 5.26 Å². The number of anilines is 1. The van der Waals surface area contributed by atoms with Crippen molar-refractivity contribution in [3.05, 3.63) is 72.9 Å². The number of nitrogens with two attached hydrogens (primary N) is 1. The highest BCUT2D eigenvalue weighted by atomic mass is 15.1. The lowest BCUT2D eigenvalue weighted by Crippen LogP contribution is -2.04. The molecule has 0 spiro atoms. The van der Waals surface area contributed by atoms with Gasteiger partial charge in [-0.25, -0.2) is 15.0 Å². The Morgan fingerprint density at radius 1 is 1.00 bits per heavy atom. The highest BCUT2D eigenvalue weighted by molar-refractivity contribution is 5.79. The third-order valence-electron chi connectivity index (χ3n) is 3.93. The van der Waals surface area contributed by atoms with E-state index in [1.165, 1.54) is 0 Å². The minimum Gasteiger partial charge on any atom is -0.383 e. The molecule has 4 rings (SSSR count). The molecule has 0 saturated heterocycles. The van der Waals surface area contributed by atoms with Crippen LogP contribution in [0.3, 0.4) is 0 Å². The summed E-state index contributed by atoms with van der Waals surface area (Å²) in [7, 11) is 0. The van der Waals surface area contributed by atoms with Crippen LogP contribution in [0.5, 0.6) is 0 Å². The lowest BCUT2D eigenvalue weighted by Gasteiger charge is -2.12. The number of pyridine rings is 2. The van der Waals surface area contributed by atoms with Crippen molar-refractivity contribution in [1.29, 1.82) is 5.26 Å². The van der Waals surface area contributed by atoms with Crippen LogP contribution in [0.15, 0.2) is 67.4 Å². The minimum absolute atomic E-state index is 0.179. The third kappa shape index (κ3) is 2.65. The number of hydrogen-bond acceptors (Lipinski definition) is 6. The zero-order valence-electron chi connectivity index (χ0n) is 13.6. The first-order valence-electron chi connectivity index (χ1n) is 7.84. The summed E-state index contributed by atoms with van der Waals surface area (Å²) >= 11 is 0. The maximum atomic E-state index is 9.60. The van der Waals surface area contributed by atoms with E-state index in [1.54, 1.807) is 30.9 Å². The van der Waals surface area contributed by atoms with Crippen molar-refractivity contribution < 1.29 is 0 Å². The summed E-state index contributed by atoms with van der Waals surface area (Å²) in [6.07, 6.45) is 8.55. The van der Waals surface area contributed by atoms with Crippen molar-refractivity contribution >= 4 is 5.82 Å². The molecule has 26 heavy (non-hydrogen) atoms. The largest absolute Gasteiger partial charge is 0.383 e. The van der Waals surface area contributed by atoms with Gasteiger partial charge >= 0.3 is 0 Å². The van der Waals surface area contributed by atoms with Crippen molar-refractivity contribution in [3.63, 3.8) is 0 Å². The minimum atomic E-state index is 0.179. The van der Waals surface area contributed by atoms with Gasteiger partial charge in [-0.3, -0.25) is 9.55 Å². The molecule has 0 aromatic carbocycles. The summed E-state index contributed by atoms with van der Waals surface area (Å²) in [4.78, 5) is 17.0. The molecule has 0 unspecified atom stereocenters. The molecule has 7 heteroatoms. The van der Waals surface area contributed by atoms with Crippen LogP contribution in [0.1, 0.15) is 5.56 Å². The second kappa shape index (κ2) is 6.45. The molecular weight excluding hydrogens is 326 g/mol. The van der Waals surface area contributed by atoms with Crippen molar-refractivity contribution in [3.8, 4) is 34.5 Å². The molecule has 4 heterocycles. The SMILES string of the molecule is N#Cc1c(-c2cccn2-c2ncccn2)cc(-c2ccncc2)nc1N. The van der Waals surface area contributed by atoms with Crippen LogP contribution in [-0.2, 0) is 0 Å². The number of nitrogen functional groups attached to an aromatic ring is 1. The van der Waals surface area contributed by atoms with Crippen LogP contribution in [0.2, 0.25) is 0 Å². The molecular formula is C19H13N7. The fourth-order valence-corrected chi connectivity index (χ4v) is 2.75. The predicted molar refractivity (Wildman–Crippen MR) is 96.9 cm³/mol. The first-order valence-corrected chi connectivity index (χ1v) is 7.84. The van der Waals surface area contributed by atoms with E-state index in [4.69, 9.17) is 5.73 Å². The van der Waals surface area contributed by atoms with Gasteiger partial charge in [0.2, 0.25) is 5.95 Å². The molecule has 2 N–H and O–H groups in total. The van der Waals surface area contributed by atoms with Crippen LogP contribution in [0.25, 0.3) is 28.5 Å². The zero-order valence-corrected chi connectivity index (χ0v) is 13.6. The average Bonchev–Trinajstić information content (AvgIpc) is 3.18. The number of nitrogens with zero attached hydrogens (tertiary/aromatic N) is 6. The Balaban J connectivity index is 1.94. The molecule has 4 aromatic heterocycles. The molecule has 0 atom stereocenters. The van der Waals surface area contributed by atoms with E-state index in [0.717, 1.165) is 11.3 Å². The van der Waals surface area contributed by atoms with Crippen LogP contribution in [-0.4, -0.2) is 24.5 Å². The second-order valence-corrected chi connectivity index (χ2v) is 5.48. The fourth-order valence-electron chi connectivity index (χ4n) is 2.75. The summed E-state index contributed by atoms with van der Waals surface area (Å²) in [5.41, 5.74) is 9.36. The first-order chi connectivity index (χ1) is 12.8. The van der Waals surface area contributed by atoms with Crippen LogP contribution in [0, 0.1) is 11.3 Å². The van der Waals surface area contributed by atoms with Gasteiger partial charge in [0.1, 0.15) is 17.5 Å². The first kappa shape index (κ1) is 15.5. The molecule has 7 nitrogen and oxygen atoms in total. The maximum absolute atomic E-state index is 9.60. The van der Waals surface area contributed by atoms with Gasteiger partial charge in [0, 0.05) is 42.1 Å². The van der Waals surface area contributed by atoms with E-state index in [2.05, 4.69) is 26.0 Å². The van der Waals surface area contributed by atoms with Crippen LogP contribution in [0.4, 0.5) is 5.82 Å². The zero-order chi connectivity index (χ0) is 17.9. The Morgan fingerprint density at radius 3 is 2.50 bits per heavy atom. The normalized spacial score (nSPS) is 10.4. The van der Waals surface area contributed by atoms with Crippen LogP contribution < -0.4 is 5.73 Å².